The van der Waals surface area contributed by atoms with Crippen molar-refractivity contribution in [2.75, 3.05) is 46.3 Å². The van der Waals surface area contributed by atoms with E-state index in [9.17, 15) is 13.6 Å². The van der Waals surface area contributed by atoms with E-state index in [0.29, 0.717) is 13.1 Å². The molecule has 2 aliphatic heterocycles. The molecule has 4 nitrogen and oxygen atoms in total. The molecule has 0 aliphatic carbocycles. The van der Waals surface area contributed by atoms with E-state index in [1.54, 1.807) is 24.3 Å². The topological polar surface area (TPSA) is 26.8 Å². The Balaban J connectivity index is 1.50. The van der Waals surface area contributed by atoms with Crippen molar-refractivity contribution >= 4 is 5.91 Å². The number of nitrogens with zero attached hydrogens (tertiary/aromatic N) is 3. The number of halogens is 2. The summed E-state index contributed by atoms with van der Waals surface area (Å²) in [5, 5.41) is 0. The molecule has 0 unspecified atom stereocenters. The van der Waals surface area contributed by atoms with Gasteiger partial charge in [0.2, 0.25) is 5.91 Å². The van der Waals surface area contributed by atoms with Crippen molar-refractivity contribution in [2.24, 2.45) is 5.92 Å². The molecular weight excluding hydrogens is 372 g/mol. The highest BCUT2D eigenvalue weighted by Crippen LogP contribution is 2.30. The number of benzene rings is 2. The van der Waals surface area contributed by atoms with Crippen molar-refractivity contribution in [3.8, 4) is 0 Å². The van der Waals surface area contributed by atoms with E-state index in [2.05, 4.69) is 16.8 Å². The maximum absolute atomic E-state index is 13.5. The Hall–Kier alpha value is -2.31. The lowest BCUT2D eigenvalue weighted by Crippen LogP contribution is -2.51. The van der Waals surface area contributed by atoms with Gasteiger partial charge in [-0.15, -0.1) is 0 Å². The van der Waals surface area contributed by atoms with E-state index in [4.69, 9.17) is 0 Å². The highest BCUT2D eigenvalue weighted by Gasteiger charge is 2.33. The average molecular weight is 399 g/mol. The smallest absolute Gasteiger partial charge is 0.227 e. The molecule has 2 aliphatic rings. The Labute approximate surface area is 170 Å². The van der Waals surface area contributed by atoms with Crippen LogP contribution >= 0.6 is 0 Å². The van der Waals surface area contributed by atoms with Gasteiger partial charge in [-0.1, -0.05) is 24.3 Å². The highest BCUT2D eigenvalue weighted by molar-refractivity contribution is 5.79. The predicted molar refractivity (Wildman–Crippen MR) is 108 cm³/mol. The summed E-state index contributed by atoms with van der Waals surface area (Å²) < 4.78 is 26.9. The number of hydrogen-bond acceptors (Lipinski definition) is 3. The minimum absolute atomic E-state index is 0.0916. The van der Waals surface area contributed by atoms with Gasteiger partial charge >= 0.3 is 0 Å². The fourth-order valence-corrected chi connectivity index (χ4v) is 4.50. The molecule has 0 spiro atoms. The quantitative estimate of drug-likeness (QED) is 0.790. The van der Waals surface area contributed by atoms with Gasteiger partial charge in [-0.2, -0.15) is 0 Å². The summed E-state index contributed by atoms with van der Waals surface area (Å²) in [5.74, 6) is -0.183. The average Bonchev–Trinajstić information content (AvgIpc) is 3.17. The highest BCUT2D eigenvalue weighted by atomic mass is 19.1. The van der Waals surface area contributed by atoms with Crippen LogP contribution in [0.15, 0.2) is 48.5 Å². The van der Waals surface area contributed by atoms with Gasteiger partial charge in [0, 0.05) is 32.7 Å². The van der Waals surface area contributed by atoms with Gasteiger partial charge in [-0.3, -0.25) is 9.69 Å². The Morgan fingerprint density at radius 3 is 1.83 bits per heavy atom. The van der Waals surface area contributed by atoms with Gasteiger partial charge in [0.05, 0.1) is 12.0 Å². The van der Waals surface area contributed by atoms with E-state index in [0.717, 1.165) is 43.7 Å². The number of likely N-dealkylation sites (tertiary alicyclic amines) is 1. The van der Waals surface area contributed by atoms with Crippen LogP contribution in [-0.2, 0) is 4.79 Å². The molecule has 1 atom stereocenters. The van der Waals surface area contributed by atoms with Crippen LogP contribution in [0.2, 0.25) is 0 Å². The predicted octanol–water partition coefficient (Wildman–Crippen LogP) is 3.15. The number of rotatable bonds is 4. The number of carbonyl (C=O) groups excluding carboxylic acids is 1. The van der Waals surface area contributed by atoms with E-state index >= 15 is 0 Å². The fourth-order valence-electron chi connectivity index (χ4n) is 4.50. The van der Waals surface area contributed by atoms with Gasteiger partial charge in [-0.25, -0.2) is 8.78 Å². The Kier molecular flexibility index (Phi) is 5.92. The third-order valence-corrected chi connectivity index (χ3v) is 6.10. The van der Waals surface area contributed by atoms with Crippen LogP contribution in [0.5, 0.6) is 0 Å². The van der Waals surface area contributed by atoms with Crippen molar-refractivity contribution in [1.29, 1.82) is 0 Å². The molecule has 2 fully saturated rings. The molecule has 6 heteroatoms. The lowest BCUT2D eigenvalue weighted by Gasteiger charge is -2.40. The molecule has 2 aromatic carbocycles. The van der Waals surface area contributed by atoms with Crippen molar-refractivity contribution in [3.05, 3.63) is 71.3 Å². The standard InChI is InChI=1S/C23H27F2N3O/c1-26-11-10-19(16-26)23(29)28-14-12-27(13-15-28)22(17-2-6-20(24)7-3-17)18-4-8-21(25)9-5-18/h2-9,19,22H,10-16H2,1H3/t19-/m1/s1. The number of piperazine rings is 1. The zero-order chi connectivity index (χ0) is 20.4. The van der Waals surface area contributed by atoms with E-state index < -0.39 is 0 Å². The largest absolute Gasteiger partial charge is 0.340 e. The Morgan fingerprint density at radius 2 is 1.38 bits per heavy atom. The van der Waals surface area contributed by atoms with Crippen molar-refractivity contribution in [1.82, 2.24) is 14.7 Å². The molecule has 0 bridgehead atoms. The van der Waals surface area contributed by atoms with Gasteiger partial charge in [0.15, 0.2) is 0 Å². The molecule has 29 heavy (non-hydrogen) atoms. The summed E-state index contributed by atoms with van der Waals surface area (Å²) in [5.41, 5.74) is 1.94. The number of carbonyl (C=O) groups is 1. The molecule has 2 saturated heterocycles. The van der Waals surface area contributed by atoms with Crippen LogP contribution in [0.25, 0.3) is 0 Å². The lowest BCUT2D eigenvalue weighted by atomic mass is 9.96. The summed E-state index contributed by atoms with van der Waals surface area (Å²) in [6.45, 7) is 4.64. The Bertz CT molecular complexity index is 787. The summed E-state index contributed by atoms with van der Waals surface area (Å²) in [7, 11) is 2.06. The van der Waals surface area contributed by atoms with Gasteiger partial charge in [0.1, 0.15) is 11.6 Å². The molecule has 2 aromatic rings. The first-order valence-electron chi connectivity index (χ1n) is 10.2. The maximum Gasteiger partial charge on any atom is 0.227 e. The first kappa shape index (κ1) is 20.0. The zero-order valence-corrected chi connectivity index (χ0v) is 16.7. The molecule has 4 rings (SSSR count). The second-order valence-corrected chi connectivity index (χ2v) is 8.11. The number of hydrogen-bond donors (Lipinski definition) is 0. The fraction of sp³-hybridized carbons (Fsp3) is 0.435. The molecule has 0 saturated carbocycles. The molecular formula is C23H27F2N3O. The summed E-state index contributed by atoms with van der Waals surface area (Å²) in [6, 6.07) is 12.9. The van der Waals surface area contributed by atoms with E-state index in [1.807, 2.05) is 4.90 Å². The van der Waals surface area contributed by atoms with E-state index in [-0.39, 0.29) is 29.5 Å². The summed E-state index contributed by atoms with van der Waals surface area (Å²) >= 11 is 0. The zero-order valence-electron chi connectivity index (χ0n) is 16.7. The SMILES string of the molecule is CN1CC[C@@H](C(=O)N2CCN(C(c3ccc(F)cc3)c3ccc(F)cc3)CC2)C1. The molecule has 2 heterocycles. The van der Waals surface area contributed by atoms with E-state index in [1.165, 1.54) is 24.3 Å². The van der Waals surface area contributed by atoms with Crippen LogP contribution in [0.3, 0.4) is 0 Å². The van der Waals surface area contributed by atoms with Gasteiger partial charge in [-0.05, 0) is 55.4 Å². The molecule has 0 N–H and O–H groups in total. The minimum Gasteiger partial charge on any atom is -0.340 e. The first-order valence-corrected chi connectivity index (χ1v) is 10.2. The maximum atomic E-state index is 13.5. The van der Waals surface area contributed by atoms with Crippen molar-refractivity contribution < 1.29 is 13.6 Å². The summed E-state index contributed by atoms with van der Waals surface area (Å²) in [6.07, 6.45) is 0.934. The lowest BCUT2D eigenvalue weighted by molar-refractivity contribution is -0.137. The molecule has 0 aromatic heterocycles. The molecule has 154 valence electrons. The van der Waals surface area contributed by atoms with Crippen molar-refractivity contribution in [2.45, 2.75) is 12.5 Å². The molecule has 1 amide bonds. The normalized spacial score (nSPS) is 21.1. The van der Waals surface area contributed by atoms with Crippen LogP contribution in [-0.4, -0.2) is 66.9 Å². The third-order valence-electron chi connectivity index (χ3n) is 6.10. The van der Waals surface area contributed by atoms with Gasteiger partial charge < -0.3 is 9.80 Å². The van der Waals surface area contributed by atoms with Crippen LogP contribution in [0.1, 0.15) is 23.6 Å². The first-order chi connectivity index (χ1) is 14.0. The summed E-state index contributed by atoms with van der Waals surface area (Å²) in [4.78, 5) is 19.3. The van der Waals surface area contributed by atoms with Crippen LogP contribution in [0, 0.1) is 17.6 Å². The third kappa shape index (κ3) is 4.49. The van der Waals surface area contributed by atoms with Crippen LogP contribution < -0.4 is 0 Å². The Morgan fingerprint density at radius 1 is 0.862 bits per heavy atom. The van der Waals surface area contributed by atoms with Crippen LogP contribution in [0.4, 0.5) is 8.78 Å². The van der Waals surface area contributed by atoms with Crippen molar-refractivity contribution in [3.63, 3.8) is 0 Å². The number of amides is 1. The molecule has 0 radical (unpaired) electrons. The monoisotopic (exact) mass is 399 g/mol. The second kappa shape index (κ2) is 8.59. The second-order valence-electron chi connectivity index (χ2n) is 8.11. The van der Waals surface area contributed by atoms with Gasteiger partial charge in [0.25, 0.3) is 0 Å². The minimum atomic E-state index is -0.274.